The molecule has 4 N–H and O–H groups in total. The molecule has 3 aromatic carbocycles. The number of carbonyl (C=O) groups excluding carboxylic acids is 1. The van der Waals surface area contributed by atoms with E-state index in [2.05, 4.69) is 10.3 Å². The van der Waals surface area contributed by atoms with Gasteiger partial charge in [-0.25, -0.2) is 4.39 Å². The fourth-order valence-electron chi connectivity index (χ4n) is 4.25. The quantitative estimate of drug-likeness (QED) is 0.0700. The van der Waals surface area contributed by atoms with Gasteiger partial charge in [-0.1, -0.05) is 38.5 Å². The highest BCUT2D eigenvalue weighted by Crippen LogP contribution is 2.39. The predicted molar refractivity (Wildman–Crippen MR) is 158 cm³/mol. The number of fused-ring (bicyclic) bond motifs is 1. The molecule has 0 amide bonds. The van der Waals surface area contributed by atoms with Crippen LogP contribution in [0.5, 0.6) is 0 Å². The van der Waals surface area contributed by atoms with Gasteiger partial charge in [-0.15, -0.1) is 0 Å². The molecule has 2 unspecified atom stereocenters. The predicted octanol–water partition coefficient (Wildman–Crippen LogP) is 8.32. The van der Waals surface area contributed by atoms with Crippen LogP contribution >= 0.6 is 32.4 Å². The average molecular weight is 650 g/mol. The summed E-state index contributed by atoms with van der Waals surface area (Å²) in [4.78, 5) is 13.5. The number of aromatic nitrogens is 1. The smallest absolute Gasteiger partial charge is 0.361 e. The fraction of sp³-hybridized carbons (Fsp3) is 0.276. The maximum atomic E-state index is 13.2. The molecule has 0 saturated heterocycles. The molecule has 42 heavy (non-hydrogen) atoms. The first-order chi connectivity index (χ1) is 19.7. The molecule has 0 saturated carbocycles. The van der Waals surface area contributed by atoms with Gasteiger partial charge >= 0.3 is 6.18 Å². The summed E-state index contributed by atoms with van der Waals surface area (Å²) >= 11 is 12.1. The number of nitrogens with one attached hydrogen (secondary N) is 2. The summed E-state index contributed by atoms with van der Waals surface area (Å²) in [5.74, 6) is 0.0208. The van der Waals surface area contributed by atoms with Crippen LogP contribution in [-0.2, 0) is 18.3 Å². The zero-order valence-electron chi connectivity index (χ0n) is 22.1. The summed E-state index contributed by atoms with van der Waals surface area (Å²) < 4.78 is 75.8. The van der Waals surface area contributed by atoms with Crippen LogP contribution in [0.1, 0.15) is 45.0 Å². The van der Waals surface area contributed by atoms with Crippen molar-refractivity contribution in [3.63, 3.8) is 0 Å². The minimum atomic E-state index is -4.76. The van der Waals surface area contributed by atoms with Crippen molar-refractivity contribution >= 4 is 49.6 Å². The minimum Gasteiger partial charge on any atom is -0.361 e. The van der Waals surface area contributed by atoms with E-state index in [0.29, 0.717) is 28.7 Å². The summed E-state index contributed by atoms with van der Waals surface area (Å²) in [5.41, 5.74) is 2.98. The number of benzene rings is 3. The Morgan fingerprint density at radius 2 is 1.67 bits per heavy atom. The Hall–Kier alpha value is -2.62. The molecule has 0 aliphatic carbocycles. The SMILES string of the molecule is NCC(CCNCCc1c[nH]c2cc(F)ccc12)c1ccc(Cl)c(Cl)c1.O=Cc1cc(C(F)(F)F)cc(C(F)(F)P)c1. The van der Waals surface area contributed by atoms with Crippen molar-refractivity contribution in [3.05, 3.63) is 104 Å². The monoisotopic (exact) mass is 649 g/mol. The van der Waals surface area contributed by atoms with Gasteiger partial charge in [0.2, 0.25) is 0 Å². The lowest BCUT2D eigenvalue weighted by atomic mass is 9.96. The number of carbonyl (C=O) groups is 1. The van der Waals surface area contributed by atoms with Crippen molar-refractivity contribution in [2.45, 2.75) is 30.6 Å². The molecule has 4 nitrogen and oxygen atoms in total. The van der Waals surface area contributed by atoms with E-state index in [9.17, 15) is 31.1 Å². The molecule has 2 atom stereocenters. The van der Waals surface area contributed by atoms with Crippen molar-refractivity contribution in [1.82, 2.24) is 10.3 Å². The van der Waals surface area contributed by atoms with Gasteiger partial charge in [-0.2, -0.15) is 22.0 Å². The number of H-pyrrole nitrogens is 1. The molecule has 13 heteroatoms. The Labute approximate surface area is 251 Å². The molecule has 0 fully saturated rings. The first-order valence-electron chi connectivity index (χ1n) is 12.7. The molecule has 0 radical (unpaired) electrons. The van der Waals surface area contributed by atoms with Gasteiger partial charge in [-0.3, -0.25) is 4.79 Å². The highest BCUT2D eigenvalue weighted by atomic mass is 35.5. The average Bonchev–Trinajstić information content (AvgIpc) is 3.33. The lowest BCUT2D eigenvalue weighted by Gasteiger charge is -2.16. The van der Waals surface area contributed by atoms with Crippen molar-refractivity contribution in [2.24, 2.45) is 5.73 Å². The molecule has 1 heterocycles. The molecule has 4 rings (SSSR count). The molecular formula is C29H28Cl2F6N3OP. The summed E-state index contributed by atoms with van der Waals surface area (Å²) in [6, 6.07) is 12.1. The molecule has 0 aliphatic rings. The van der Waals surface area contributed by atoms with Crippen molar-refractivity contribution in [2.75, 3.05) is 19.6 Å². The Bertz CT molecular complexity index is 1470. The molecule has 4 aromatic rings. The zero-order valence-corrected chi connectivity index (χ0v) is 24.7. The number of aromatic amines is 1. The topological polar surface area (TPSA) is 70.9 Å². The maximum absolute atomic E-state index is 13.2. The molecule has 226 valence electrons. The number of halogens is 8. The third-order valence-electron chi connectivity index (χ3n) is 6.47. The third-order valence-corrected chi connectivity index (χ3v) is 7.55. The van der Waals surface area contributed by atoms with E-state index < -0.39 is 28.5 Å². The summed E-state index contributed by atoms with van der Waals surface area (Å²) in [7, 11) is 1.12. The molecule has 0 spiro atoms. The van der Waals surface area contributed by atoms with Crippen molar-refractivity contribution < 1.29 is 31.1 Å². The zero-order chi connectivity index (χ0) is 31.1. The molecule has 0 aliphatic heterocycles. The largest absolute Gasteiger partial charge is 0.416 e. The second-order valence-corrected chi connectivity index (χ2v) is 11.0. The van der Waals surface area contributed by atoms with Crippen LogP contribution in [0.3, 0.4) is 0 Å². The van der Waals surface area contributed by atoms with E-state index >= 15 is 0 Å². The summed E-state index contributed by atoms with van der Waals surface area (Å²) in [6.45, 7) is 2.27. The van der Waals surface area contributed by atoms with E-state index in [1.807, 2.05) is 30.5 Å². The standard InChI is InChI=1S/C20H22Cl2FN3.C9H6F5OP/c21-18-4-1-13(9-19(18)22)14(11-24)5-7-25-8-6-15-12-26-20-10-16(23)2-3-17(15)20;10-8(11,12)6-1-5(4-15)2-7(3-6)9(13,14)16/h1-4,9-10,12,14,25-26H,5-8,11,24H2;1-4H,16H2. The Kier molecular flexibility index (Phi) is 11.9. The van der Waals surface area contributed by atoms with Crippen LogP contribution in [0.25, 0.3) is 10.9 Å². The Morgan fingerprint density at radius 3 is 2.29 bits per heavy atom. The van der Waals surface area contributed by atoms with Gasteiger partial charge in [0.25, 0.3) is 5.66 Å². The minimum absolute atomic E-state index is 0.0924. The van der Waals surface area contributed by atoms with Crippen LogP contribution in [-0.4, -0.2) is 30.9 Å². The second kappa shape index (κ2) is 14.7. The van der Waals surface area contributed by atoms with Crippen LogP contribution in [0.2, 0.25) is 10.0 Å². The number of hydrogen-bond acceptors (Lipinski definition) is 3. The normalized spacial score (nSPS) is 12.6. The lowest BCUT2D eigenvalue weighted by molar-refractivity contribution is -0.137. The van der Waals surface area contributed by atoms with E-state index in [4.69, 9.17) is 28.9 Å². The third kappa shape index (κ3) is 9.44. The first kappa shape index (κ1) is 33.9. The van der Waals surface area contributed by atoms with Crippen molar-refractivity contribution in [3.8, 4) is 0 Å². The number of aldehydes is 1. The summed E-state index contributed by atoms with van der Waals surface area (Å²) in [6.07, 6.45) is -0.914. The van der Waals surface area contributed by atoms with Crippen LogP contribution < -0.4 is 11.1 Å². The van der Waals surface area contributed by atoms with Gasteiger partial charge < -0.3 is 16.0 Å². The fourth-order valence-corrected chi connectivity index (χ4v) is 4.73. The highest BCUT2D eigenvalue weighted by Gasteiger charge is 2.34. The van der Waals surface area contributed by atoms with Crippen LogP contribution in [0.4, 0.5) is 26.3 Å². The van der Waals surface area contributed by atoms with E-state index in [-0.39, 0.29) is 18.0 Å². The lowest BCUT2D eigenvalue weighted by Crippen LogP contribution is -2.23. The molecular weight excluding hydrogens is 622 g/mol. The van der Waals surface area contributed by atoms with E-state index in [1.165, 1.54) is 17.7 Å². The van der Waals surface area contributed by atoms with Gasteiger partial charge in [0, 0.05) is 28.2 Å². The molecule has 1 aromatic heterocycles. The Morgan fingerprint density at radius 1 is 0.952 bits per heavy atom. The second-order valence-electron chi connectivity index (χ2n) is 9.48. The van der Waals surface area contributed by atoms with Gasteiger partial charge in [0.05, 0.1) is 15.6 Å². The van der Waals surface area contributed by atoms with Crippen molar-refractivity contribution in [1.29, 1.82) is 0 Å². The van der Waals surface area contributed by atoms with Crippen LogP contribution in [0, 0.1) is 5.82 Å². The Balaban J connectivity index is 0.000000260. The van der Waals surface area contributed by atoms with E-state index in [1.54, 1.807) is 0 Å². The van der Waals surface area contributed by atoms with E-state index in [0.717, 1.165) is 57.7 Å². The van der Waals surface area contributed by atoms with Crippen LogP contribution in [0.15, 0.2) is 60.8 Å². The summed E-state index contributed by atoms with van der Waals surface area (Å²) in [5, 5.41) is 5.65. The van der Waals surface area contributed by atoms with Gasteiger partial charge in [0.15, 0.2) is 0 Å². The number of hydrogen-bond donors (Lipinski definition) is 3. The number of nitrogens with two attached hydrogens (primary N) is 1. The molecule has 0 bridgehead atoms. The maximum Gasteiger partial charge on any atom is 0.416 e. The van der Waals surface area contributed by atoms with Gasteiger partial charge in [-0.05, 0) is 98.1 Å². The number of alkyl halides is 5. The first-order valence-corrected chi connectivity index (χ1v) is 14.0. The number of rotatable bonds is 10. The van der Waals surface area contributed by atoms with Gasteiger partial charge in [0.1, 0.15) is 12.1 Å². The highest BCUT2D eigenvalue weighted by molar-refractivity contribution is 7.17.